The lowest BCUT2D eigenvalue weighted by atomic mass is 10.3. The minimum atomic E-state index is -0.0507. The number of carbonyl (C=O) groups is 1. The SMILES string of the molecule is CNNC(=O)CCCOc1ccccc1Cl. The standard InChI is InChI=1S/C11H15ClN2O2/c1-13-14-11(15)7-4-8-16-10-6-3-2-5-9(10)12/h2-3,5-6,13H,4,7-8H2,1H3,(H,14,15). The lowest BCUT2D eigenvalue weighted by Crippen LogP contribution is -2.34. The van der Waals surface area contributed by atoms with E-state index in [0.717, 1.165) is 0 Å². The molecule has 0 aromatic heterocycles. The Morgan fingerprint density at radius 3 is 2.88 bits per heavy atom. The molecule has 2 N–H and O–H groups in total. The summed E-state index contributed by atoms with van der Waals surface area (Å²) in [7, 11) is 1.65. The fourth-order valence-electron chi connectivity index (χ4n) is 1.18. The molecular weight excluding hydrogens is 228 g/mol. The Labute approximate surface area is 99.9 Å². The molecule has 0 aliphatic rings. The number of hydrogen-bond acceptors (Lipinski definition) is 3. The maximum Gasteiger partial charge on any atom is 0.234 e. The van der Waals surface area contributed by atoms with Crippen LogP contribution in [0.2, 0.25) is 5.02 Å². The van der Waals surface area contributed by atoms with E-state index in [0.29, 0.717) is 30.2 Å². The lowest BCUT2D eigenvalue weighted by Gasteiger charge is -2.07. The average Bonchev–Trinajstić information content (AvgIpc) is 2.27. The third-order valence-corrected chi connectivity index (χ3v) is 2.22. The Bertz CT molecular complexity index is 345. The fraction of sp³-hybridized carbons (Fsp3) is 0.364. The van der Waals surface area contributed by atoms with Gasteiger partial charge < -0.3 is 4.74 Å². The van der Waals surface area contributed by atoms with Crippen LogP contribution in [-0.2, 0) is 4.79 Å². The van der Waals surface area contributed by atoms with Gasteiger partial charge in [-0.15, -0.1) is 0 Å². The van der Waals surface area contributed by atoms with Crippen LogP contribution in [0.5, 0.6) is 5.75 Å². The highest BCUT2D eigenvalue weighted by molar-refractivity contribution is 6.32. The molecule has 0 aliphatic heterocycles. The summed E-state index contributed by atoms with van der Waals surface area (Å²) >= 11 is 5.90. The molecule has 16 heavy (non-hydrogen) atoms. The van der Waals surface area contributed by atoms with E-state index in [1.807, 2.05) is 12.1 Å². The molecule has 0 atom stereocenters. The van der Waals surface area contributed by atoms with Crippen LogP contribution in [0.1, 0.15) is 12.8 Å². The summed E-state index contributed by atoms with van der Waals surface area (Å²) in [5.74, 6) is 0.600. The highest BCUT2D eigenvalue weighted by Gasteiger charge is 2.01. The summed E-state index contributed by atoms with van der Waals surface area (Å²) < 4.78 is 5.43. The average molecular weight is 243 g/mol. The predicted molar refractivity (Wildman–Crippen MR) is 63.4 cm³/mol. The molecule has 0 saturated heterocycles. The van der Waals surface area contributed by atoms with Crippen molar-refractivity contribution < 1.29 is 9.53 Å². The number of hydrogen-bond donors (Lipinski definition) is 2. The summed E-state index contributed by atoms with van der Waals surface area (Å²) in [5.41, 5.74) is 5.06. The molecule has 1 amide bonds. The summed E-state index contributed by atoms with van der Waals surface area (Å²) in [6, 6.07) is 7.27. The van der Waals surface area contributed by atoms with E-state index < -0.39 is 0 Å². The van der Waals surface area contributed by atoms with Crippen LogP contribution in [0.3, 0.4) is 0 Å². The van der Waals surface area contributed by atoms with Gasteiger partial charge in [-0.05, 0) is 18.6 Å². The van der Waals surface area contributed by atoms with Gasteiger partial charge >= 0.3 is 0 Å². The molecule has 0 spiro atoms. The van der Waals surface area contributed by atoms with Crippen LogP contribution >= 0.6 is 11.6 Å². The van der Waals surface area contributed by atoms with E-state index in [1.165, 1.54) is 0 Å². The van der Waals surface area contributed by atoms with Gasteiger partial charge in [0.15, 0.2) is 0 Å². The zero-order valence-electron chi connectivity index (χ0n) is 9.13. The van der Waals surface area contributed by atoms with Crippen molar-refractivity contribution in [1.82, 2.24) is 10.9 Å². The molecule has 1 rings (SSSR count). The highest BCUT2D eigenvalue weighted by Crippen LogP contribution is 2.23. The van der Waals surface area contributed by atoms with E-state index in [9.17, 15) is 4.79 Å². The predicted octanol–water partition coefficient (Wildman–Crippen LogP) is 1.75. The number of halogens is 1. The molecule has 0 bridgehead atoms. The number of rotatable bonds is 6. The zero-order chi connectivity index (χ0) is 11.8. The van der Waals surface area contributed by atoms with Crippen molar-refractivity contribution in [1.29, 1.82) is 0 Å². The van der Waals surface area contributed by atoms with E-state index in [-0.39, 0.29) is 5.91 Å². The third kappa shape index (κ3) is 4.51. The second-order valence-corrected chi connectivity index (χ2v) is 3.59. The highest BCUT2D eigenvalue weighted by atomic mass is 35.5. The van der Waals surface area contributed by atoms with Crippen molar-refractivity contribution in [3.8, 4) is 5.75 Å². The number of hydrazine groups is 1. The molecule has 4 nitrogen and oxygen atoms in total. The Balaban J connectivity index is 2.21. The van der Waals surface area contributed by atoms with Gasteiger partial charge in [-0.2, -0.15) is 0 Å². The normalized spacial score (nSPS) is 9.88. The molecule has 0 fully saturated rings. The Morgan fingerprint density at radius 2 is 2.19 bits per heavy atom. The second-order valence-electron chi connectivity index (χ2n) is 3.18. The summed E-state index contributed by atoms with van der Waals surface area (Å²) in [6.07, 6.45) is 1.07. The van der Waals surface area contributed by atoms with E-state index >= 15 is 0 Å². The first-order valence-corrected chi connectivity index (χ1v) is 5.44. The van der Waals surface area contributed by atoms with Crippen molar-refractivity contribution in [3.05, 3.63) is 29.3 Å². The molecule has 0 radical (unpaired) electrons. The molecule has 1 aromatic rings. The zero-order valence-corrected chi connectivity index (χ0v) is 9.88. The van der Waals surface area contributed by atoms with Gasteiger partial charge in [-0.1, -0.05) is 23.7 Å². The van der Waals surface area contributed by atoms with Crippen LogP contribution < -0.4 is 15.6 Å². The van der Waals surface area contributed by atoms with Crippen molar-refractivity contribution in [2.45, 2.75) is 12.8 Å². The maximum atomic E-state index is 11.1. The van der Waals surface area contributed by atoms with Crippen LogP contribution in [0.15, 0.2) is 24.3 Å². The van der Waals surface area contributed by atoms with Gasteiger partial charge in [-0.25, -0.2) is 5.43 Å². The van der Waals surface area contributed by atoms with Gasteiger partial charge in [-0.3, -0.25) is 10.2 Å². The van der Waals surface area contributed by atoms with Crippen LogP contribution in [0, 0.1) is 0 Å². The van der Waals surface area contributed by atoms with Gasteiger partial charge in [0.25, 0.3) is 0 Å². The first kappa shape index (κ1) is 12.8. The molecule has 0 saturated carbocycles. The summed E-state index contributed by atoms with van der Waals surface area (Å²) in [4.78, 5) is 11.1. The van der Waals surface area contributed by atoms with Crippen molar-refractivity contribution >= 4 is 17.5 Å². The number of para-hydroxylation sites is 1. The Hall–Kier alpha value is -1.26. The smallest absolute Gasteiger partial charge is 0.234 e. The monoisotopic (exact) mass is 242 g/mol. The number of amides is 1. The third-order valence-electron chi connectivity index (χ3n) is 1.91. The number of nitrogens with one attached hydrogen (secondary N) is 2. The van der Waals surface area contributed by atoms with Crippen molar-refractivity contribution in [2.24, 2.45) is 0 Å². The minimum Gasteiger partial charge on any atom is -0.492 e. The van der Waals surface area contributed by atoms with Gasteiger partial charge in [0.05, 0.1) is 11.6 Å². The quantitative estimate of drug-likeness (QED) is 0.590. The Morgan fingerprint density at radius 1 is 1.44 bits per heavy atom. The summed E-state index contributed by atoms with van der Waals surface area (Å²) in [6.45, 7) is 0.473. The molecule has 0 aliphatic carbocycles. The molecule has 88 valence electrons. The first-order chi connectivity index (χ1) is 7.74. The van der Waals surface area contributed by atoms with E-state index in [4.69, 9.17) is 16.3 Å². The first-order valence-electron chi connectivity index (χ1n) is 5.07. The van der Waals surface area contributed by atoms with Crippen molar-refractivity contribution in [3.63, 3.8) is 0 Å². The van der Waals surface area contributed by atoms with Gasteiger partial charge in [0, 0.05) is 13.5 Å². The molecule has 0 heterocycles. The molecule has 5 heteroatoms. The minimum absolute atomic E-state index is 0.0507. The fourth-order valence-corrected chi connectivity index (χ4v) is 1.37. The molecule has 1 aromatic carbocycles. The molecule has 0 unspecified atom stereocenters. The van der Waals surface area contributed by atoms with Gasteiger partial charge in [0.1, 0.15) is 5.75 Å². The number of benzene rings is 1. The largest absolute Gasteiger partial charge is 0.492 e. The van der Waals surface area contributed by atoms with E-state index in [2.05, 4.69) is 10.9 Å². The van der Waals surface area contributed by atoms with Crippen LogP contribution in [-0.4, -0.2) is 19.6 Å². The van der Waals surface area contributed by atoms with Crippen molar-refractivity contribution in [2.75, 3.05) is 13.7 Å². The maximum absolute atomic E-state index is 11.1. The van der Waals surface area contributed by atoms with E-state index in [1.54, 1.807) is 19.2 Å². The van der Waals surface area contributed by atoms with Crippen LogP contribution in [0.4, 0.5) is 0 Å². The second kappa shape index (κ2) is 7.09. The van der Waals surface area contributed by atoms with Gasteiger partial charge in [0.2, 0.25) is 5.91 Å². The lowest BCUT2D eigenvalue weighted by molar-refractivity contribution is -0.122. The molecular formula is C11H15ClN2O2. The summed E-state index contributed by atoms with van der Waals surface area (Å²) in [5, 5.41) is 0.585. The number of ether oxygens (including phenoxy) is 1. The topological polar surface area (TPSA) is 50.4 Å². The van der Waals surface area contributed by atoms with Crippen LogP contribution in [0.25, 0.3) is 0 Å². The number of carbonyl (C=O) groups excluding carboxylic acids is 1. The Kier molecular flexibility index (Phi) is 5.67.